The fourth-order valence-corrected chi connectivity index (χ4v) is 4.02. The number of hydrogen-bond donors (Lipinski definition) is 1. The van der Waals surface area contributed by atoms with Gasteiger partial charge in [-0.2, -0.15) is 0 Å². The number of amides is 2. The van der Waals surface area contributed by atoms with Gasteiger partial charge >= 0.3 is 0 Å². The highest BCUT2D eigenvalue weighted by Crippen LogP contribution is 2.28. The van der Waals surface area contributed by atoms with E-state index < -0.39 is 11.8 Å². The van der Waals surface area contributed by atoms with Gasteiger partial charge in [0.15, 0.2) is 5.11 Å². The molecule has 0 aliphatic carbocycles. The van der Waals surface area contributed by atoms with Crippen molar-refractivity contribution in [1.29, 1.82) is 0 Å². The number of rotatable bonds is 2. The Morgan fingerprint density at radius 2 is 1.96 bits per heavy atom. The number of thiocarbonyl (C=S) groups is 1. The van der Waals surface area contributed by atoms with E-state index in [9.17, 15) is 9.59 Å². The van der Waals surface area contributed by atoms with E-state index in [4.69, 9.17) is 12.2 Å². The maximum atomic E-state index is 12.9. The molecule has 0 saturated carbocycles. The molecular weight excluding hydrogens is 408 g/mol. The Morgan fingerprint density at radius 3 is 2.58 bits per heavy atom. The van der Waals surface area contributed by atoms with Crippen LogP contribution in [-0.2, 0) is 9.59 Å². The standard InChI is InChI=1S/C17H13BrN2O2S2/c1-9-5-6-24-14(9)8-12-15(21)19-17(23)20(16(12)22)13-4-3-11(18)7-10(13)2/h3-8H,1-2H3,(H,19,21,23). The second kappa shape index (κ2) is 6.58. The van der Waals surface area contributed by atoms with Crippen molar-refractivity contribution in [3.8, 4) is 0 Å². The van der Waals surface area contributed by atoms with Crippen LogP contribution in [0.4, 0.5) is 5.69 Å². The van der Waals surface area contributed by atoms with Crippen LogP contribution in [0.15, 0.2) is 39.7 Å². The molecule has 0 radical (unpaired) electrons. The molecule has 3 rings (SSSR count). The molecule has 7 heteroatoms. The van der Waals surface area contributed by atoms with E-state index in [0.717, 1.165) is 20.5 Å². The van der Waals surface area contributed by atoms with E-state index >= 15 is 0 Å². The van der Waals surface area contributed by atoms with E-state index in [-0.39, 0.29) is 10.7 Å². The van der Waals surface area contributed by atoms with E-state index in [2.05, 4.69) is 21.2 Å². The summed E-state index contributed by atoms with van der Waals surface area (Å²) in [6, 6.07) is 7.48. The van der Waals surface area contributed by atoms with Crippen LogP contribution in [0.5, 0.6) is 0 Å². The number of carbonyl (C=O) groups excluding carboxylic acids is 2. The quantitative estimate of drug-likeness (QED) is 0.454. The first-order valence-corrected chi connectivity index (χ1v) is 9.18. The van der Waals surface area contributed by atoms with Crippen LogP contribution in [0.25, 0.3) is 6.08 Å². The molecule has 0 bridgehead atoms. The number of aryl methyl sites for hydroxylation is 2. The molecule has 0 atom stereocenters. The zero-order chi connectivity index (χ0) is 17.4. The third-order valence-corrected chi connectivity index (χ3v) is 5.42. The Bertz CT molecular complexity index is 902. The highest BCUT2D eigenvalue weighted by molar-refractivity contribution is 9.10. The largest absolute Gasteiger partial charge is 0.298 e. The Balaban J connectivity index is 2.06. The molecule has 1 N–H and O–H groups in total. The van der Waals surface area contributed by atoms with Crippen molar-refractivity contribution in [3.05, 3.63) is 55.7 Å². The molecular formula is C17H13BrN2O2S2. The number of thiophene rings is 1. The van der Waals surface area contributed by atoms with Crippen LogP contribution in [0, 0.1) is 13.8 Å². The molecule has 2 heterocycles. The van der Waals surface area contributed by atoms with Crippen LogP contribution in [0.3, 0.4) is 0 Å². The fraction of sp³-hybridized carbons (Fsp3) is 0.118. The second-order valence-corrected chi connectivity index (χ2v) is 7.61. The Hall–Kier alpha value is -1.83. The summed E-state index contributed by atoms with van der Waals surface area (Å²) in [5.41, 5.74) is 2.63. The van der Waals surface area contributed by atoms with Crippen molar-refractivity contribution < 1.29 is 9.59 Å². The highest BCUT2D eigenvalue weighted by Gasteiger charge is 2.35. The minimum atomic E-state index is -0.469. The Kier molecular flexibility index (Phi) is 4.67. The van der Waals surface area contributed by atoms with Gasteiger partial charge in [0.2, 0.25) is 0 Å². The molecule has 0 unspecified atom stereocenters. The number of hydrogen-bond acceptors (Lipinski definition) is 4. The lowest BCUT2D eigenvalue weighted by Gasteiger charge is -2.30. The average molecular weight is 421 g/mol. The number of nitrogens with one attached hydrogen (secondary N) is 1. The normalized spacial score (nSPS) is 16.7. The van der Waals surface area contributed by atoms with Gasteiger partial charge in [-0.1, -0.05) is 15.9 Å². The van der Waals surface area contributed by atoms with Gasteiger partial charge < -0.3 is 0 Å². The van der Waals surface area contributed by atoms with E-state index in [0.29, 0.717) is 5.69 Å². The van der Waals surface area contributed by atoms with Crippen molar-refractivity contribution in [2.75, 3.05) is 4.90 Å². The van der Waals surface area contributed by atoms with Crippen molar-refractivity contribution in [3.63, 3.8) is 0 Å². The van der Waals surface area contributed by atoms with Crippen molar-refractivity contribution in [2.45, 2.75) is 13.8 Å². The minimum Gasteiger partial charge on any atom is -0.298 e. The van der Waals surface area contributed by atoms with Crippen LogP contribution in [0.2, 0.25) is 0 Å². The van der Waals surface area contributed by atoms with Gasteiger partial charge in [0.25, 0.3) is 11.8 Å². The van der Waals surface area contributed by atoms with Crippen LogP contribution < -0.4 is 10.2 Å². The average Bonchev–Trinajstić information content (AvgIpc) is 2.90. The number of carbonyl (C=O) groups is 2. The van der Waals surface area contributed by atoms with Crippen molar-refractivity contribution >= 4 is 68.2 Å². The summed E-state index contributed by atoms with van der Waals surface area (Å²) < 4.78 is 0.910. The molecule has 122 valence electrons. The lowest BCUT2D eigenvalue weighted by atomic mass is 10.1. The van der Waals surface area contributed by atoms with Crippen LogP contribution in [-0.4, -0.2) is 16.9 Å². The van der Waals surface area contributed by atoms with Gasteiger partial charge in [-0.05, 0) is 72.9 Å². The lowest BCUT2D eigenvalue weighted by molar-refractivity contribution is -0.122. The molecule has 1 fully saturated rings. The topological polar surface area (TPSA) is 49.4 Å². The monoisotopic (exact) mass is 420 g/mol. The SMILES string of the molecule is Cc1cc(Br)ccc1N1C(=O)C(=Cc2sccc2C)C(=O)NC1=S. The molecule has 1 saturated heterocycles. The van der Waals surface area contributed by atoms with Gasteiger partial charge in [0.05, 0.1) is 5.69 Å². The third kappa shape index (κ3) is 3.07. The van der Waals surface area contributed by atoms with Crippen LogP contribution >= 0.6 is 39.5 Å². The molecule has 24 heavy (non-hydrogen) atoms. The van der Waals surface area contributed by atoms with Crippen molar-refractivity contribution in [1.82, 2.24) is 5.32 Å². The molecule has 1 aromatic carbocycles. The van der Waals surface area contributed by atoms with E-state index in [1.165, 1.54) is 16.2 Å². The third-order valence-electron chi connectivity index (χ3n) is 3.68. The maximum absolute atomic E-state index is 12.9. The first-order chi connectivity index (χ1) is 11.4. The van der Waals surface area contributed by atoms with Gasteiger partial charge in [0, 0.05) is 9.35 Å². The summed E-state index contributed by atoms with van der Waals surface area (Å²) in [5.74, 6) is -0.884. The molecule has 1 aromatic heterocycles. The van der Waals surface area contributed by atoms with E-state index in [1.54, 1.807) is 12.1 Å². The number of halogens is 1. The summed E-state index contributed by atoms with van der Waals surface area (Å²) in [5, 5.41) is 4.62. The number of benzene rings is 1. The molecule has 0 spiro atoms. The fourth-order valence-electron chi connectivity index (χ4n) is 2.41. The minimum absolute atomic E-state index is 0.0801. The van der Waals surface area contributed by atoms with Crippen molar-refractivity contribution in [2.24, 2.45) is 0 Å². The predicted octanol–water partition coefficient (Wildman–Crippen LogP) is 3.96. The number of anilines is 1. The lowest BCUT2D eigenvalue weighted by Crippen LogP contribution is -2.54. The zero-order valence-electron chi connectivity index (χ0n) is 12.9. The number of nitrogens with zero attached hydrogens (tertiary/aromatic N) is 1. The van der Waals surface area contributed by atoms with Gasteiger partial charge in [-0.25, -0.2) is 0 Å². The van der Waals surface area contributed by atoms with Gasteiger partial charge in [-0.15, -0.1) is 11.3 Å². The summed E-state index contributed by atoms with van der Waals surface area (Å²) >= 11 is 10.1. The molecule has 1 aliphatic rings. The Labute approximate surface area is 157 Å². The molecule has 4 nitrogen and oxygen atoms in total. The van der Waals surface area contributed by atoms with Gasteiger partial charge in [0.1, 0.15) is 5.57 Å². The summed E-state index contributed by atoms with van der Waals surface area (Å²) in [7, 11) is 0. The first-order valence-electron chi connectivity index (χ1n) is 7.10. The molecule has 2 aromatic rings. The summed E-state index contributed by atoms with van der Waals surface area (Å²) in [6.07, 6.45) is 1.63. The predicted molar refractivity (Wildman–Crippen MR) is 104 cm³/mol. The zero-order valence-corrected chi connectivity index (χ0v) is 16.1. The summed E-state index contributed by atoms with van der Waals surface area (Å²) in [4.78, 5) is 27.4. The Morgan fingerprint density at radius 1 is 1.21 bits per heavy atom. The first kappa shape index (κ1) is 17.0. The molecule has 1 aliphatic heterocycles. The van der Waals surface area contributed by atoms with E-state index in [1.807, 2.05) is 37.4 Å². The smallest absolute Gasteiger partial charge is 0.270 e. The maximum Gasteiger partial charge on any atom is 0.270 e. The second-order valence-electron chi connectivity index (χ2n) is 5.36. The highest BCUT2D eigenvalue weighted by atomic mass is 79.9. The van der Waals surface area contributed by atoms with Gasteiger partial charge in [-0.3, -0.25) is 19.8 Å². The molecule has 2 amide bonds. The van der Waals surface area contributed by atoms with Crippen LogP contribution in [0.1, 0.15) is 16.0 Å². The summed E-state index contributed by atoms with van der Waals surface area (Å²) in [6.45, 7) is 3.83.